The van der Waals surface area contributed by atoms with Crippen molar-refractivity contribution in [3.05, 3.63) is 45.7 Å². The van der Waals surface area contributed by atoms with E-state index in [1.54, 1.807) is 18.4 Å². The van der Waals surface area contributed by atoms with Crippen LogP contribution < -0.4 is 27.5 Å². The summed E-state index contributed by atoms with van der Waals surface area (Å²) < 4.78 is 28.1. The largest absolute Gasteiger partial charge is 0.387 e. The number of primary amides is 1. The number of rotatable bonds is 8. The summed E-state index contributed by atoms with van der Waals surface area (Å²) in [6, 6.07) is 4.45. The van der Waals surface area contributed by atoms with Crippen molar-refractivity contribution in [1.29, 1.82) is 0 Å². The topological polar surface area (TPSA) is 185 Å². The van der Waals surface area contributed by atoms with Gasteiger partial charge in [-0.05, 0) is 42.6 Å². The number of anilines is 1. The van der Waals surface area contributed by atoms with Crippen LogP contribution in [0, 0.1) is 6.92 Å². The molecule has 2 rings (SSSR count). The fourth-order valence-electron chi connectivity index (χ4n) is 2.45. The first kappa shape index (κ1) is 21.2. The van der Waals surface area contributed by atoms with Crippen LogP contribution in [0.5, 0.6) is 0 Å². The lowest BCUT2D eigenvalue weighted by atomic mass is 10.1. The number of sulfonamides is 1. The van der Waals surface area contributed by atoms with Crippen LogP contribution in [0.25, 0.3) is 0 Å². The molecule has 0 aliphatic rings. The van der Waals surface area contributed by atoms with E-state index >= 15 is 0 Å². The van der Waals surface area contributed by atoms with Crippen LogP contribution in [0.3, 0.4) is 0 Å². The number of oxime groups is 1. The van der Waals surface area contributed by atoms with Crippen LogP contribution in [0.4, 0.5) is 5.69 Å². The molecule has 152 valence electrons. The second-order valence-electron chi connectivity index (χ2n) is 5.78. The number of nitrogens with one attached hydrogen (secondary N) is 1. The van der Waals surface area contributed by atoms with Gasteiger partial charge in [-0.25, -0.2) is 8.42 Å². The van der Waals surface area contributed by atoms with E-state index in [0.717, 1.165) is 15.9 Å². The molecule has 0 aliphatic heterocycles. The maximum absolute atomic E-state index is 12.9. The molecular formula is C15H20N6O5S2. The molecule has 2 unspecified atom stereocenters. The lowest BCUT2D eigenvalue weighted by Gasteiger charge is -2.24. The Bertz CT molecular complexity index is 1040. The van der Waals surface area contributed by atoms with E-state index in [2.05, 4.69) is 9.88 Å². The standard InChI is InChI=1S/C15H20N6O5S2/c1-8-5-6-10(20-28(24,25)11-4-3-7-27-11)14(23)21(8)12(13(16)22)9(2)26-19-15(17)18/h3-7,9,12,20H,1-2H3,(H2,16,22)(H4,17,18,19). The Kier molecular flexibility index (Phi) is 6.30. The molecule has 0 aromatic carbocycles. The van der Waals surface area contributed by atoms with Crippen LogP contribution in [0.1, 0.15) is 18.7 Å². The van der Waals surface area contributed by atoms with Gasteiger partial charge in [0.15, 0.2) is 12.1 Å². The molecule has 0 saturated heterocycles. The molecule has 0 fully saturated rings. The van der Waals surface area contributed by atoms with Gasteiger partial charge in [0.25, 0.3) is 15.6 Å². The molecule has 1 amide bonds. The first-order valence-electron chi connectivity index (χ1n) is 7.87. The third kappa shape index (κ3) is 4.61. The number of hydrogen-bond acceptors (Lipinski definition) is 7. The number of carbonyl (C=O) groups is 1. The summed E-state index contributed by atoms with van der Waals surface area (Å²) in [4.78, 5) is 30.0. The first-order chi connectivity index (χ1) is 13.0. The molecule has 2 aromatic rings. The molecule has 0 saturated carbocycles. The van der Waals surface area contributed by atoms with E-state index in [0.29, 0.717) is 5.69 Å². The highest BCUT2D eigenvalue weighted by atomic mass is 32.2. The summed E-state index contributed by atoms with van der Waals surface area (Å²) in [5, 5.41) is 4.96. The zero-order chi connectivity index (χ0) is 21.1. The van der Waals surface area contributed by atoms with Crippen molar-refractivity contribution in [2.75, 3.05) is 4.72 Å². The molecule has 2 heterocycles. The molecule has 0 aliphatic carbocycles. The summed E-state index contributed by atoms with van der Waals surface area (Å²) >= 11 is 0.996. The molecule has 0 bridgehead atoms. The lowest BCUT2D eigenvalue weighted by Crippen LogP contribution is -2.42. The molecule has 13 heteroatoms. The van der Waals surface area contributed by atoms with Crippen molar-refractivity contribution in [1.82, 2.24) is 4.57 Å². The van der Waals surface area contributed by atoms with Gasteiger partial charge >= 0.3 is 0 Å². The number of carbonyl (C=O) groups excluding carboxylic acids is 1. The smallest absolute Gasteiger partial charge is 0.275 e. The number of nitrogens with zero attached hydrogens (tertiary/aromatic N) is 2. The average molecular weight is 428 g/mol. The van der Waals surface area contributed by atoms with Crippen LogP contribution in [-0.4, -0.2) is 31.0 Å². The van der Waals surface area contributed by atoms with Crippen LogP contribution >= 0.6 is 11.3 Å². The second kappa shape index (κ2) is 8.31. The summed E-state index contributed by atoms with van der Waals surface area (Å²) in [7, 11) is -3.96. The fraction of sp³-hybridized carbons (Fsp3) is 0.267. The van der Waals surface area contributed by atoms with Gasteiger partial charge in [-0.15, -0.1) is 11.3 Å². The molecule has 7 N–H and O–H groups in total. The molecule has 2 aromatic heterocycles. The number of thiophene rings is 1. The maximum atomic E-state index is 12.9. The predicted octanol–water partition coefficient (Wildman–Crippen LogP) is -0.361. The van der Waals surface area contributed by atoms with Crippen LogP contribution in [0.2, 0.25) is 0 Å². The summed E-state index contributed by atoms with van der Waals surface area (Å²) in [5.41, 5.74) is 15.2. The minimum atomic E-state index is -3.96. The third-order valence-electron chi connectivity index (χ3n) is 3.66. The summed E-state index contributed by atoms with van der Waals surface area (Å²) in [6.07, 6.45) is -1.01. The number of hydrogen-bond donors (Lipinski definition) is 4. The lowest BCUT2D eigenvalue weighted by molar-refractivity contribution is -0.125. The number of amides is 1. The normalized spacial score (nSPS) is 13.4. The van der Waals surface area contributed by atoms with E-state index in [1.165, 1.54) is 25.1 Å². The van der Waals surface area contributed by atoms with Gasteiger partial charge in [-0.2, -0.15) is 0 Å². The van der Waals surface area contributed by atoms with Crippen LogP contribution in [-0.2, 0) is 19.7 Å². The monoisotopic (exact) mass is 428 g/mol. The van der Waals surface area contributed by atoms with Crippen molar-refractivity contribution >= 4 is 38.9 Å². The number of pyridine rings is 1. The van der Waals surface area contributed by atoms with Crippen molar-refractivity contribution in [2.45, 2.75) is 30.2 Å². The molecule has 2 atom stereocenters. The zero-order valence-electron chi connectivity index (χ0n) is 15.0. The van der Waals surface area contributed by atoms with Gasteiger partial charge in [-0.3, -0.25) is 18.9 Å². The van der Waals surface area contributed by atoms with E-state index in [-0.39, 0.29) is 15.9 Å². The highest BCUT2D eigenvalue weighted by Crippen LogP contribution is 2.21. The third-order valence-corrected chi connectivity index (χ3v) is 6.43. The SMILES string of the molecule is Cc1ccc(NS(=O)(=O)c2cccs2)c(=O)n1C(C(N)=O)C(C)ON=C(N)N. The summed E-state index contributed by atoms with van der Waals surface area (Å²) in [5.74, 6) is -1.27. The number of nitrogens with two attached hydrogens (primary N) is 3. The highest BCUT2D eigenvalue weighted by molar-refractivity contribution is 7.94. The Morgan fingerprint density at radius 3 is 2.50 bits per heavy atom. The van der Waals surface area contributed by atoms with Gasteiger partial charge in [0.1, 0.15) is 9.90 Å². The summed E-state index contributed by atoms with van der Waals surface area (Å²) in [6.45, 7) is 3.00. The fourth-order valence-corrected chi connectivity index (χ4v) is 4.50. The molecule has 28 heavy (non-hydrogen) atoms. The van der Waals surface area contributed by atoms with Crippen molar-refractivity contribution in [3.8, 4) is 0 Å². The molecule has 0 spiro atoms. The number of guanidine groups is 1. The Hall–Kier alpha value is -3.06. The van der Waals surface area contributed by atoms with Gasteiger partial charge in [0.05, 0.1) is 0 Å². The van der Waals surface area contributed by atoms with Crippen molar-refractivity contribution < 1.29 is 18.0 Å². The van der Waals surface area contributed by atoms with E-state index < -0.39 is 33.6 Å². The Morgan fingerprint density at radius 1 is 1.29 bits per heavy atom. The molecule has 0 radical (unpaired) electrons. The second-order valence-corrected chi connectivity index (χ2v) is 8.63. The van der Waals surface area contributed by atoms with Crippen molar-refractivity contribution in [3.63, 3.8) is 0 Å². The zero-order valence-corrected chi connectivity index (χ0v) is 16.7. The Morgan fingerprint density at radius 2 is 1.96 bits per heavy atom. The quantitative estimate of drug-likeness (QED) is 0.251. The molecule has 11 nitrogen and oxygen atoms in total. The average Bonchev–Trinajstić information content (AvgIpc) is 3.14. The highest BCUT2D eigenvalue weighted by Gasteiger charge is 2.30. The van der Waals surface area contributed by atoms with E-state index in [4.69, 9.17) is 22.0 Å². The minimum Gasteiger partial charge on any atom is -0.387 e. The van der Waals surface area contributed by atoms with E-state index in [9.17, 15) is 18.0 Å². The van der Waals surface area contributed by atoms with Gasteiger partial charge in [0, 0.05) is 5.69 Å². The Labute approximate surface area is 164 Å². The Balaban J connectivity index is 2.49. The minimum absolute atomic E-state index is 0.0370. The maximum Gasteiger partial charge on any atom is 0.275 e. The predicted molar refractivity (Wildman–Crippen MR) is 105 cm³/mol. The van der Waals surface area contributed by atoms with Crippen molar-refractivity contribution in [2.24, 2.45) is 22.4 Å². The van der Waals surface area contributed by atoms with Gasteiger partial charge in [0.2, 0.25) is 11.9 Å². The van der Waals surface area contributed by atoms with Gasteiger partial charge in [-0.1, -0.05) is 6.07 Å². The van der Waals surface area contributed by atoms with Gasteiger partial charge < -0.3 is 22.0 Å². The number of aromatic nitrogens is 1. The number of aryl methyl sites for hydroxylation is 1. The van der Waals surface area contributed by atoms with Crippen LogP contribution in [0.15, 0.2) is 43.8 Å². The van der Waals surface area contributed by atoms with E-state index in [1.807, 2.05) is 0 Å². The molecular weight excluding hydrogens is 408 g/mol. The first-order valence-corrected chi connectivity index (χ1v) is 10.2.